The molecule has 16 heavy (non-hydrogen) atoms. The molecule has 0 aliphatic heterocycles. The quantitative estimate of drug-likeness (QED) is 0.416. The van der Waals surface area contributed by atoms with Gasteiger partial charge in [-0.25, -0.2) is 0 Å². The second kappa shape index (κ2) is 6.11. The largest absolute Gasteiger partial charge is 0.349 e. The van der Waals surface area contributed by atoms with Gasteiger partial charge >= 0.3 is 0 Å². The fraction of sp³-hybridized carbons (Fsp3) is 0.833. The highest BCUT2D eigenvalue weighted by atomic mass is 16.7. The minimum absolute atomic E-state index is 0.0224. The van der Waals surface area contributed by atoms with Crippen LogP contribution < -0.4 is 0 Å². The Bertz CT molecular complexity index is 258. The van der Waals surface area contributed by atoms with Crippen molar-refractivity contribution in [3.8, 4) is 0 Å². The van der Waals surface area contributed by atoms with E-state index in [4.69, 9.17) is 9.47 Å². The van der Waals surface area contributed by atoms with E-state index < -0.39 is 12.2 Å². The van der Waals surface area contributed by atoms with E-state index in [1.807, 2.05) is 6.92 Å². The molecule has 0 aromatic heterocycles. The lowest BCUT2D eigenvalue weighted by atomic mass is 9.89. The maximum Gasteiger partial charge on any atom is 0.218 e. The first-order chi connectivity index (χ1) is 7.61. The van der Waals surface area contributed by atoms with E-state index in [1.165, 1.54) is 14.2 Å². The molecular formula is C12H20O4. The van der Waals surface area contributed by atoms with Crippen LogP contribution in [0.3, 0.4) is 0 Å². The second-order valence-corrected chi connectivity index (χ2v) is 4.35. The normalized spacial score (nSPS) is 26.9. The zero-order valence-electron chi connectivity index (χ0n) is 10.2. The van der Waals surface area contributed by atoms with Crippen molar-refractivity contribution < 1.29 is 19.1 Å². The van der Waals surface area contributed by atoms with Crippen LogP contribution in [0.1, 0.15) is 32.6 Å². The maximum atomic E-state index is 12.0. The van der Waals surface area contributed by atoms with Crippen LogP contribution in [0.4, 0.5) is 0 Å². The van der Waals surface area contributed by atoms with Crippen LogP contribution in [0.25, 0.3) is 0 Å². The van der Waals surface area contributed by atoms with Crippen molar-refractivity contribution in [3.63, 3.8) is 0 Å². The van der Waals surface area contributed by atoms with Gasteiger partial charge in [0.1, 0.15) is 5.78 Å². The molecule has 0 aromatic rings. The molecule has 0 N–H and O–H groups in total. The molecule has 1 aliphatic rings. The average Bonchev–Trinajstić information content (AvgIpc) is 2.44. The number of carbonyl (C=O) groups is 2. The monoisotopic (exact) mass is 228 g/mol. The number of hydrogen-bond acceptors (Lipinski definition) is 4. The van der Waals surface area contributed by atoms with Crippen molar-refractivity contribution in [2.45, 2.75) is 38.9 Å². The lowest BCUT2D eigenvalue weighted by Crippen LogP contribution is -2.37. The summed E-state index contributed by atoms with van der Waals surface area (Å²) in [6.45, 7) is 1.89. The molecule has 0 radical (unpaired) electrons. The minimum Gasteiger partial charge on any atom is -0.349 e. The fourth-order valence-electron chi connectivity index (χ4n) is 2.20. The van der Waals surface area contributed by atoms with Gasteiger partial charge in [-0.2, -0.15) is 0 Å². The van der Waals surface area contributed by atoms with E-state index in [2.05, 4.69) is 0 Å². The van der Waals surface area contributed by atoms with Crippen molar-refractivity contribution >= 4 is 11.6 Å². The van der Waals surface area contributed by atoms with Gasteiger partial charge in [0, 0.05) is 20.1 Å². The summed E-state index contributed by atoms with van der Waals surface area (Å²) in [5, 5.41) is 0. The molecule has 0 bridgehead atoms. The summed E-state index contributed by atoms with van der Waals surface area (Å²) in [7, 11) is 2.83. The first-order valence-electron chi connectivity index (χ1n) is 5.74. The van der Waals surface area contributed by atoms with E-state index in [-0.39, 0.29) is 17.5 Å². The van der Waals surface area contributed by atoms with E-state index >= 15 is 0 Å². The van der Waals surface area contributed by atoms with Crippen LogP contribution in [0.15, 0.2) is 0 Å². The third-order valence-electron chi connectivity index (χ3n) is 3.21. The molecule has 0 spiro atoms. The van der Waals surface area contributed by atoms with Gasteiger partial charge in [-0.1, -0.05) is 19.8 Å². The van der Waals surface area contributed by atoms with E-state index in [1.54, 1.807) is 0 Å². The Kier molecular flexibility index (Phi) is 5.09. The molecule has 1 rings (SSSR count). The van der Waals surface area contributed by atoms with E-state index in [9.17, 15) is 9.59 Å². The Morgan fingerprint density at radius 2 is 1.81 bits per heavy atom. The predicted molar refractivity (Wildman–Crippen MR) is 58.9 cm³/mol. The van der Waals surface area contributed by atoms with Crippen LogP contribution in [-0.2, 0) is 19.1 Å². The highest BCUT2D eigenvalue weighted by Crippen LogP contribution is 2.26. The molecule has 0 saturated heterocycles. The summed E-state index contributed by atoms with van der Waals surface area (Å²) in [5.74, 6) is -0.751. The van der Waals surface area contributed by atoms with Crippen molar-refractivity contribution in [2.75, 3.05) is 14.2 Å². The Labute approximate surface area is 96.3 Å². The van der Waals surface area contributed by atoms with Crippen molar-refractivity contribution in [2.24, 2.45) is 11.8 Å². The van der Waals surface area contributed by atoms with Crippen LogP contribution in [-0.4, -0.2) is 32.1 Å². The number of ether oxygens (including phenoxy) is 2. The van der Waals surface area contributed by atoms with Gasteiger partial charge in [0.2, 0.25) is 6.29 Å². The predicted octanol–water partition coefficient (Wildman–Crippen LogP) is 1.57. The molecule has 0 aromatic carbocycles. The molecule has 92 valence electrons. The molecule has 0 heterocycles. The van der Waals surface area contributed by atoms with Gasteiger partial charge in [-0.3, -0.25) is 9.59 Å². The molecule has 2 atom stereocenters. The first-order valence-corrected chi connectivity index (χ1v) is 5.74. The summed E-state index contributed by atoms with van der Waals surface area (Å²) in [6.07, 6.45) is 2.55. The van der Waals surface area contributed by atoms with Gasteiger partial charge in [0.25, 0.3) is 0 Å². The molecule has 1 saturated carbocycles. The number of carbonyl (C=O) groups excluding carboxylic acids is 2. The van der Waals surface area contributed by atoms with Gasteiger partial charge in [-0.15, -0.1) is 0 Å². The highest BCUT2D eigenvalue weighted by molar-refractivity contribution is 6.04. The zero-order valence-corrected chi connectivity index (χ0v) is 10.2. The van der Waals surface area contributed by atoms with Crippen molar-refractivity contribution in [1.82, 2.24) is 0 Å². The maximum absolute atomic E-state index is 12.0. The summed E-state index contributed by atoms with van der Waals surface area (Å²) in [6, 6.07) is 0. The van der Waals surface area contributed by atoms with E-state index in [0.29, 0.717) is 6.42 Å². The Balaban J connectivity index is 2.76. The summed E-state index contributed by atoms with van der Waals surface area (Å²) < 4.78 is 9.83. The Hall–Kier alpha value is -0.740. The number of ketones is 2. The third-order valence-corrected chi connectivity index (χ3v) is 3.21. The minimum atomic E-state index is -0.903. The SMILES string of the molecule is COC(OC)C(=O)C1CCCCC(C)C1=O. The van der Waals surface area contributed by atoms with Gasteiger partial charge in [0.05, 0.1) is 5.92 Å². The summed E-state index contributed by atoms with van der Waals surface area (Å²) >= 11 is 0. The lowest BCUT2D eigenvalue weighted by molar-refractivity contribution is -0.163. The molecule has 2 unspecified atom stereocenters. The van der Waals surface area contributed by atoms with Gasteiger partial charge in [0.15, 0.2) is 5.78 Å². The summed E-state index contributed by atoms with van der Waals surface area (Å²) in [4.78, 5) is 24.0. The zero-order chi connectivity index (χ0) is 12.1. The number of rotatable bonds is 4. The average molecular weight is 228 g/mol. The smallest absolute Gasteiger partial charge is 0.218 e. The molecule has 1 fully saturated rings. The van der Waals surface area contributed by atoms with Gasteiger partial charge in [-0.05, 0) is 12.8 Å². The van der Waals surface area contributed by atoms with E-state index in [0.717, 1.165) is 19.3 Å². The van der Waals surface area contributed by atoms with Crippen LogP contribution in [0, 0.1) is 11.8 Å². The Morgan fingerprint density at radius 3 is 2.38 bits per heavy atom. The molecule has 4 heteroatoms. The van der Waals surface area contributed by atoms with Gasteiger partial charge < -0.3 is 9.47 Å². The lowest BCUT2D eigenvalue weighted by Gasteiger charge is -2.19. The summed E-state index contributed by atoms with van der Waals surface area (Å²) in [5.41, 5.74) is 0. The third kappa shape index (κ3) is 2.89. The van der Waals surface area contributed by atoms with Crippen LogP contribution in [0.2, 0.25) is 0 Å². The highest BCUT2D eigenvalue weighted by Gasteiger charge is 2.35. The standard InChI is InChI=1S/C12H20O4/c1-8-6-4-5-7-9(10(8)13)11(14)12(15-2)16-3/h8-9,12H,4-7H2,1-3H3. The molecule has 0 amide bonds. The number of Topliss-reactive ketones (excluding diaryl/α,β-unsaturated/α-hetero) is 2. The van der Waals surface area contributed by atoms with Crippen LogP contribution >= 0.6 is 0 Å². The number of methoxy groups -OCH3 is 2. The molecule has 4 nitrogen and oxygen atoms in total. The topological polar surface area (TPSA) is 52.6 Å². The van der Waals surface area contributed by atoms with Crippen LogP contribution in [0.5, 0.6) is 0 Å². The first kappa shape index (κ1) is 13.3. The number of hydrogen-bond donors (Lipinski definition) is 0. The van der Waals surface area contributed by atoms with Crippen molar-refractivity contribution in [3.05, 3.63) is 0 Å². The Morgan fingerprint density at radius 1 is 1.25 bits per heavy atom. The second-order valence-electron chi connectivity index (χ2n) is 4.35. The fourth-order valence-corrected chi connectivity index (χ4v) is 2.20. The molecular weight excluding hydrogens is 208 g/mol. The van der Waals surface area contributed by atoms with Crippen molar-refractivity contribution in [1.29, 1.82) is 0 Å². The molecule has 1 aliphatic carbocycles.